The van der Waals surface area contributed by atoms with Crippen molar-refractivity contribution < 1.29 is 32.6 Å². The molecule has 2 aromatic carbocycles. The minimum atomic E-state index is -1.54. The van der Waals surface area contributed by atoms with Crippen LogP contribution in [0.15, 0.2) is 36.4 Å². The summed E-state index contributed by atoms with van der Waals surface area (Å²) in [6.07, 6.45) is -0.967. The molecule has 1 amide bonds. The molecule has 10 heteroatoms. The molecule has 0 saturated heterocycles. The average Bonchev–Trinajstić information content (AvgIpc) is 2.78. The second kappa shape index (κ2) is 12.5. The molecule has 0 radical (unpaired) electrons. The number of amidine groups is 1. The van der Waals surface area contributed by atoms with Crippen molar-refractivity contribution in [3.63, 3.8) is 0 Å². The number of halogens is 2. The molecule has 8 nitrogen and oxygen atoms in total. The van der Waals surface area contributed by atoms with E-state index >= 15 is 0 Å². The summed E-state index contributed by atoms with van der Waals surface area (Å²) in [6.45, 7) is 1.55. The highest BCUT2D eigenvalue weighted by Crippen LogP contribution is 2.30. The van der Waals surface area contributed by atoms with Crippen LogP contribution in [0, 0.1) is 17.0 Å². The van der Waals surface area contributed by atoms with Gasteiger partial charge in [-0.1, -0.05) is 24.3 Å². The quantitative estimate of drug-likeness (QED) is 0.187. The summed E-state index contributed by atoms with van der Waals surface area (Å²) in [4.78, 5) is 22.9. The number of aldehydes is 1. The summed E-state index contributed by atoms with van der Waals surface area (Å²) < 4.78 is 45.0. The van der Waals surface area contributed by atoms with Gasteiger partial charge < -0.3 is 30.1 Å². The normalized spacial score (nSPS) is 11.6. The Morgan fingerprint density at radius 2 is 1.91 bits per heavy atom. The zero-order valence-electron chi connectivity index (χ0n) is 17.5. The molecule has 0 fully saturated rings. The molecule has 0 saturated carbocycles. The van der Waals surface area contributed by atoms with Crippen molar-refractivity contribution in [2.45, 2.75) is 19.6 Å². The minimum absolute atomic E-state index is 0.0304. The smallest absolute Gasteiger partial charge is 0.254 e. The molecular weight excluding hydrogens is 424 g/mol. The number of hydrogen-bond donors (Lipinski definition) is 3. The van der Waals surface area contributed by atoms with E-state index in [1.807, 2.05) is 0 Å². The van der Waals surface area contributed by atoms with Gasteiger partial charge in [-0.25, -0.2) is 8.78 Å². The third-order valence-electron chi connectivity index (χ3n) is 4.33. The number of nitrogens with one attached hydrogen (secondary N) is 2. The Balaban J connectivity index is 2.13. The van der Waals surface area contributed by atoms with Crippen molar-refractivity contribution in [2.75, 3.05) is 26.4 Å². The number of nitrogen functional groups attached to an aromatic ring is 1. The summed E-state index contributed by atoms with van der Waals surface area (Å²) in [5, 5.41) is 9.99. The Morgan fingerprint density at radius 3 is 2.53 bits per heavy atom. The third kappa shape index (κ3) is 6.82. The lowest BCUT2D eigenvalue weighted by molar-refractivity contribution is -0.133. The molecule has 4 N–H and O–H groups in total. The van der Waals surface area contributed by atoms with E-state index in [-0.39, 0.29) is 44.6 Å². The summed E-state index contributed by atoms with van der Waals surface area (Å²) in [5.41, 5.74) is 6.08. The fourth-order valence-corrected chi connectivity index (χ4v) is 2.78. The molecule has 0 bridgehead atoms. The van der Waals surface area contributed by atoms with Crippen molar-refractivity contribution in [2.24, 2.45) is 5.73 Å². The van der Waals surface area contributed by atoms with Gasteiger partial charge in [0.25, 0.3) is 5.91 Å². The lowest BCUT2D eigenvalue weighted by Crippen LogP contribution is -2.32. The standard InChI is InChI=1S/C22H25F2N3O5/c1-2-31-20(22(29)27-13-14-3-5-15(6-4-14)21(25)26)18-16(23)7-8-17(19(18)24)32-12-11-30-10-9-28/h3-9,20H,2,10-13H2,1H3,(H3,25,26)(H,27,29). The van der Waals surface area contributed by atoms with E-state index < -0.39 is 29.2 Å². The second-order valence-corrected chi connectivity index (χ2v) is 6.53. The summed E-state index contributed by atoms with van der Waals surface area (Å²) in [6, 6.07) is 8.70. The Labute approximate surface area is 184 Å². The monoisotopic (exact) mass is 449 g/mol. The Morgan fingerprint density at radius 1 is 1.19 bits per heavy atom. The minimum Gasteiger partial charge on any atom is -0.488 e. The fourth-order valence-electron chi connectivity index (χ4n) is 2.78. The van der Waals surface area contributed by atoms with Gasteiger partial charge in [0, 0.05) is 18.7 Å². The van der Waals surface area contributed by atoms with Crippen molar-refractivity contribution >= 4 is 18.0 Å². The van der Waals surface area contributed by atoms with Crippen LogP contribution in [0.5, 0.6) is 5.75 Å². The van der Waals surface area contributed by atoms with Crippen LogP contribution in [0.25, 0.3) is 0 Å². The van der Waals surface area contributed by atoms with Crippen LogP contribution in [-0.4, -0.2) is 44.5 Å². The van der Waals surface area contributed by atoms with Gasteiger partial charge >= 0.3 is 0 Å². The lowest BCUT2D eigenvalue weighted by atomic mass is 10.1. The van der Waals surface area contributed by atoms with Crippen molar-refractivity contribution in [3.8, 4) is 5.75 Å². The van der Waals surface area contributed by atoms with E-state index in [0.717, 1.165) is 12.1 Å². The highest BCUT2D eigenvalue weighted by Gasteiger charge is 2.29. The molecule has 0 aromatic heterocycles. The number of carbonyl (C=O) groups is 2. The lowest BCUT2D eigenvalue weighted by Gasteiger charge is -2.20. The maximum atomic E-state index is 15.0. The molecule has 1 atom stereocenters. The third-order valence-corrected chi connectivity index (χ3v) is 4.33. The highest BCUT2D eigenvalue weighted by molar-refractivity contribution is 5.94. The topological polar surface area (TPSA) is 124 Å². The first-order valence-electron chi connectivity index (χ1n) is 9.83. The van der Waals surface area contributed by atoms with Crippen molar-refractivity contribution in [1.29, 1.82) is 5.41 Å². The summed E-state index contributed by atoms with van der Waals surface area (Å²) in [7, 11) is 0. The SMILES string of the molecule is CCOC(C(=O)NCc1ccc(C(=N)N)cc1)c1c(F)ccc(OCCOCC=O)c1F. The number of hydrogen-bond acceptors (Lipinski definition) is 6. The molecule has 1 unspecified atom stereocenters. The van der Waals surface area contributed by atoms with E-state index in [9.17, 15) is 18.4 Å². The Bertz CT molecular complexity index is 938. The van der Waals surface area contributed by atoms with Gasteiger partial charge in [-0.15, -0.1) is 0 Å². The predicted octanol–water partition coefficient (Wildman–Crippen LogP) is 2.24. The molecule has 0 aliphatic heterocycles. The van der Waals surface area contributed by atoms with Crippen LogP contribution in [0.2, 0.25) is 0 Å². The highest BCUT2D eigenvalue weighted by atomic mass is 19.1. The summed E-state index contributed by atoms with van der Waals surface area (Å²) in [5.74, 6) is -3.09. The van der Waals surface area contributed by atoms with Crippen LogP contribution in [-0.2, 0) is 25.6 Å². The summed E-state index contributed by atoms with van der Waals surface area (Å²) >= 11 is 0. The number of benzene rings is 2. The van der Waals surface area contributed by atoms with Crippen LogP contribution < -0.4 is 15.8 Å². The molecule has 2 rings (SSSR count). The van der Waals surface area contributed by atoms with E-state index in [0.29, 0.717) is 17.4 Å². The molecule has 0 aliphatic rings. The van der Waals surface area contributed by atoms with Crippen LogP contribution >= 0.6 is 0 Å². The molecule has 0 heterocycles. The first-order chi connectivity index (χ1) is 15.4. The van der Waals surface area contributed by atoms with Crippen molar-refractivity contribution in [3.05, 3.63) is 64.7 Å². The maximum Gasteiger partial charge on any atom is 0.254 e. The van der Waals surface area contributed by atoms with Crippen LogP contribution in [0.3, 0.4) is 0 Å². The van der Waals surface area contributed by atoms with Crippen LogP contribution in [0.4, 0.5) is 8.78 Å². The molecule has 172 valence electrons. The largest absolute Gasteiger partial charge is 0.488 e. The van der Waals surface area contributed by atoms with Gasteiger partial charge in [0.1, 0.15) is 31.2 Å². The van der Waals surface area contributed by atoms with E-state index in [4.69, 9.17) is 25.4 Å². The number of carbonyl (C=O) groups excluding carboxylic acids is 2. The van der Waals surface area contributed by atoms with E-state index in [2.05, 4.69) is 5.32 Å². The van der Waals surface area contributed by atoms with Gasteiger partial charge in [-0.3, -0.25) is 10.2 Å². The van der Waals surface area contributed by atoms with Gasteiger partial charge in [-0.2, -0.15) is 0 Å². The van der Waals surface area contributed by atoms with Gasteiger partial charge in [0.15, 0.2) is 17.7 Å². The van der Waals surface area contributed by atoms with E-state index in [1.165, 1.54) is 0 Å². The molecule has 0 aliphatic carbocycles. The fraction of sp³-hybridized carbons (Fsp3) is 0.318. The first kappa shape index (κ1) is 24.9. The molecule has 2 aromatic rings. The first-order valence-corrected chi connectivity index (χ1v) is 9.83. The molecule has 32 heavy (non-hydrogen) atoms. The second-order valence-electron chi connectivity index (χ2n) is 6.53. The maximum absolute atomic E-state index is 15.0. The Hall–Kier alpha value is -3.37. The Kier molecular flexibility index (Phi) is 9.71. The van der Waals surface area contributed by atoms with Crippen LogP contribution in [0.1, 0.15) is 29.7 Å². The number of nitrogens with two attached hydrogens (primary N) is 1. The average molecular weight is 449 g/mol. The van der Waals surface area contributed by atoms with Crippen molar-refractivity contribution in [1.82, 2.24) is 5.32 Å². The molecule has 0 spiro atoms. The van der Waals surface area contributed by atoms with Gasteiger partial charge in [0.2, 0.25) is 0 Å². The number of ether oxygens (including phenoxy) is 3. The van der Waals surface area contributed by atoms with E-state index in [1.54, 1.807) is 31.2 Å². The zero-order chi connectivity index (χ0) is 23.5. The zero-order valence-corrected chi connectivity index (χ0v) is 17.5. The molecular formula is C22H25F2N3O5. The predicted molar refractivity (Wildman–Crippen MR) is 112 cm³/mol. The van der Waals surface area contributed by atoms with Gasteiger partial charge in [-0.05, 0) is 24.6 Å². The number of amides is 1. The number of rotatable bonds is 13. The van der Waals surface area contributed by atoms with Gasteiger partial charge in [0.05, 0.1) is 12.2 Å².